The molecule has 0 amide bonds. The molecule has 74 heavy (non-hydrogen) atoms. The van der Waals surface area contributed by atoms with Gasteiger partial charge in [0.2, 0.25) is 0 Å². The van der Waals surface area contributed by atoms with E-state index >= 15 is 0 Å². The van der Waals surface area contributed by atoms with E-state index in [1.807, 2.05) is 12.1 Å². The number of hydrogen-bond donors (Lipinski definition) is 0. The number of aryl methyl sites for hydroxylation is 2. The van der Waals surface area contributed by atoms with Crippen molar-refractivity contribution in [2.24, 2.45) is 0 Å². The van der Waals surface area contributed by atoms with Gasteiger partial charge < -0.3 is 18.6 Å². The zero-order valence-electron chi connectivity index (χ0n) is 41.0. The number of rotatable bonds is 9. The van der Waals surface area contributed by atoms with Gasteiger partial charge in [-0.15, -0.1) is 0 Å². The number of nitrogens with zero attached hydrogens (tertiary/aromatic N) is 2. The van der Waals surface area contributed by atoms with E-state index in [1.165, 1.54) is 32.7 Å². The van der Waals surface area contributed by atoms with E-state index in [0.29, 0.717) is 0 Å². The molecule has 12 aromatic carbocycles. The summed E-state index contributed by atoms with van der Waals surface area (Å²) in [7, 11) is 0. The molecule has 0 aliphatic heterocycles. The normalized spacial score (nSPS) is 11.6. The highest BCUT2D eigenvalue weighted by molar-refractivity contribution is 6.13. The lowest BCUT2D eigenvalue weighted by Gasteiger charge is -2.30. The summed E-state index contributed by atoms with van der Waals surface area (Å²) in [4.78, 5) is 4.80. The zero-order chi connectivity index (χ0) is 49.3. The van der Waals surface area contributed by atoms with Crippen LogP contribution in [0.15, 0.2) is 264 Å². The fraction of sp³-hybridized carbons (Fsp3) is 0.0286. The van der Waals surface area contributed by atoms with Crippen molar-refractivity contribution in [1.82, 2.24) is 0 Å². The molecule has 0 aliphatic carbocycles. The molecule has 0 saturated heterocycles. The van der Waals surface area contributed by atoms with Gasteiger partial charge in [0, 0.05) is 44.0 Å². The van der Waals surface area contributed by atoms with Crippen LogP contribution >= 0.6 is 0 Å². The summed E-state index contributed by atoms with van der Waals surface area (Å²) in [6.45, 7) is 4.46. The molecule has 4 nitrogen and oxygen atoms in total. The largest absolute Gasteiger partial charge is 0.454 e. The number of hydrogen-bond acceptors (Lipinski definition) is 4. The molecular weight excluding hydrogens is 901 g/mol. The maximum absolute atomic E-state index is 6.80. The third kappa shape index (κ3) is 7.06. The summed E-state index contributed by atoms with van der Waals surface area (Å²) < 4.78 is 13.6. The number of furan rings is 2. The lowest BCUT2D eigenvalue weighted by Crippen LogP contribution is -2.13. The minimum atomic E-state index is 0.848. The predicted molar refractivity (Wildman–Crippen MR) is 311 cm³/mol. The van der Waals surface area contributed by atoms with Crippen molar-refractivity contribution < 1.29 is 8.83 Å². The molecule has 0 fully saturated rings. The van der Waals surface area contributed by atoms with Gasteiger partial charge in [0.1, 0.15) is 11.2 Å². The Morgan fingerprint density at radius 3 is 1.05 bits per heavy atom. The minimum absolute atomic E-state index is 0.848. The van der Waals surface area contributed by atoms with Crippen molar-refractivity contribution in [3.05, 3.63) is 266 Å². The van der Waals surface area contributed by atoms with Gasteiger partial charge in [0.15, 0.2) is 11.2 Å². The molecule has 0 bridgehead atoms. The molecule has 0 spiro atoms. The average molecular weight is 949 g/mol. The Morgan fingerprint density at radius 2 is 0.595 bits per heavy atom. The summed E-state index contributed by atoms with van der Waals surface area (Å²) in [6.07, 6.45) is 0. The van der Waals surface area contributed by atoms with Gasteiger partial charge in [-0.2, -0.15) is 0 Å². The van der Waals surface area contributed by atoms with Crippen LogP contribution in [-0.4, -0.2) is 0 Å². The topological polar surface area (TPSA) is 32.8 Å². The lowest BCUT2D eigenvalue weighted by atomic mass is 9.94. The van der Waals surface area contributed by atoms with E-state index in [2.05, 4.69) is 266 Å². The van der Waals surface area contributed by atoms with Crippen LogP contribution in [0.3, 0.4) is 0 Å². The number of benzene rings is 12. The van der Waals surface area contributed by atoms with E-state index in [4.69, 9.17) is 8.83 Å². The summed E-state index contributed by atoms with van der Waals surface area (Å²) in [6, 6.07) is 91.5. The highest BCUT2D eigenvalue weighted by atomic mass is 16.3. The van der Waals surface area contributed by atoms with Crippen molar-refractivity contribution in [3.63, 3.8) is 0 Å². The van der Waals surface area contributed by atoms with Crippen LogP contribution in [-0.2, 0) is 0 Å². The Labute approximate surface area is 429 Å². The van der Waals surface area contributed by atoms with E-state index in [0.717, 1.165) is 111 Å². The number of fused-ring (bicyclic) bond motifs is 8. The summed E-state index contributed by atoms with van der Waals surface area (Å²) in [5.41, 5.74) is 18.8. The first-order valence-electron chi connectivity index (χ1n) is 25.3. The third-order valence-electron chi connectivity index (χ3n) is 14.9. The van der Waals surface area contributed by atoms with Gasteiger partial charge >= 0.3 is 0 Å². The van der Waals surface area contributed by atoms with Crippen molar-refractivity contribution in [2.75, 3.05) is 9.80 Å². The molecule has 14 aromatic rings. The van der Waals surface area contributed by atoms with Crippen LogP contribution in [0.2, 0.25) is 0 Å². The standard InChI is InChI=1S/C70H48N2O2/c1-45-43-49(39-41-61(45)71(65-35-17-31-59-57-27-9-13-37-67(57)73-69(59)65)63-33-11-7-25-55(63)53-29-15-21-47-19-3-5-23-51(47)53)50-40-42-62(46(2)44-50)72(66-36-18-32-60-58-28-10-14-38-68(58)74-70(60)66)64-34-12-8-26-56(64)54-30-16-22-48-20-4-6-24-52(48)54/h3-44H,1-2H3. The fourth-order valence-corrected chi connectivity index (χ4v) is 11.5. The van der Waals surface area contributed by atoms with Gasteiger partial charge in [0.25, 0.3) is 0 Å². The Bertz CT molecular complexity index is 4200. The Kier molecular flexibility index (Phi) is 10.3. The molecular formula is C70H48N2O2. The molecule has 0 atom stereocenters. The second-order valence-corrected chi connectivity index (χ2v) is 19.3. The van der Waals surface area contributed by atoms with Crippen molar-refractivity contribution in [1.29, 1.82) is 0 Å². The van der Waals surface area contributed by atoms with E-state index in [-0.39, 0.29) is 0 Å². The molecule has 0 saturated carbocycles. The van der Waals surface area contributed by atoms with Crippen LogP contribution in [0.25, 0.3) is 98.8 Å². The monoisotopic (exact) mass is 948 g/mol. The molecule has 350 valence electrons. The second kappa shape index (κ2) is 17.6. The number of anilines is 6. The van der Waals surface area contributed by atoms with Crippen LogP contribution < -0.4 is 9.80 Å². The Morgan fingerprint density at radius 1 is 0.257 bits per heavy atom. The molecule has 2 aromatic heterocycles. The highest BCUT2D eigenvalue weighted by Crippen LogP contribution is 2.50. The quantitative estimate of drug-likeness (QED) is 0.144. The summed E-state index contributed by atoms with van der Waals surface area (Å²) >= 11 is 0. The lowest BCUT2D eigenvalue weighted by molar-refractivity contribution is 0.668. The summed E-state index contributed by atoms with van der Waals surface area (Å²) in [5.74, 6) is 0. The molecule has 0 aliphatic rings. The van der Waals surface area contributed by atoms with Crippen molar-refractivity contribution in [3.8, 4) is 33.4 Å². The molecule has 4 heteroatoms. The molecule has 0 radical (unpaired) electrons. The van der Waals surface area contributed by atoms with Crippen molar-refractivity contribution in [2.45, 2.75) is 13.8 Å². The van der Waals surface area contributed by atoms with Crippen molar-refractivity contribution >= 4 is 99.5 Å². The van der Waals surface area contributed by atoms with Gasteiger partial charge in [-0.1, -0.05) is 194 Å². The maximum atomic E-state index is 6.80. The first-order chi connectivity index (χ1) is 36.6. The van der Waals surface area contributed by atoms with Gasteiger partial charge in [0.05, 0.1) is 22.7 Å². The van der Waals surface area contributed by atoms with Crippen LogP contribution in [0.4, 0.5) is 34.1 Å². The van der Waals surface area contributed by atoms with Crippen LogP contribution in [0.5, 0.6) is 0 Å². The van der Waals surface area contributed by atoms with Gasteiger partial charge in [-0.3, -0.25) is 0 Å². The fourth-order valence-electron chi connectivity index (χ4n) is 11.5. The predicted octanol–water partition coefficient (Wildman–Crippen LogP) is 20.3. The third-order valence-corrected chi connectivity index (χ3v) is 14.9. The first kappa shape index (κ1) is 43.2. The van der Waals surface area contributed by atoms with E-state index in [1.54, 1.807) is 0 Å². The summed E-state index contributed by atoms with van der Waals surface area (Å²) in [5, 5.41) is 9.19. The van der Waals surface area contributed by atoms with Crippen LogP contribution in [0.1, 0.15) is 11.1 Å². The molecule has 2 heterocycles. The Balaban J connectivity index is 0.926. The highest BCUT2D eigenvalue weighted by Gasteiger charge is 2.26. The number of para-hydroxylation sites is 6. The van der Waals surface area contributed by atoms with Gasteiger partial charge in [-0.25, -0.2) is 0 Å². The average Bonchev–Trinajstić information content (AvgIpc) is 4.04. The Hall–Kier alpha value is -9.64. The minimum Gasteiger partial charge on any atom is -0.454 e. The van der Waals surface area contributed by atoms with E-state index in [9.17, 15) is 0 Å². The molecule has 0 unspecified atom stereocenters. The van der Waals surface area contributed by atoms with Gasteiger partial charge in [-0.05, 0) is 129 Å². The first-order valence-corrected chi connectivity index (χ1v) is 25.3. The molecule has 0 N–H and O–H groups in total. The molecule has 14 rings (SSSR count). The van der Waals surface area contributed by atoms with E-state index < -0.39 is 0 Å². The SMILES string of the molecule is Cc1cc(-c2ccc(N(c3ccccc3-c3cccc4ccccc34)c3cccc4c3oc3ccccc34)c(C)c2)ccc1N(c1ccccc1-c1cccc2ccccc12)c1cccc2c1oc1ccccc12. The zero-order valence-corrected chi connectivity index (χ0v) is 41.0. The second-order valence-electron chi connectivity index (χ2n) is 19.3. The smallest absolute Gasteiger partial charge is 0.159 e. The van der Waals surface area contributed by atoms with Crippen LogP contribution in [0, 0.1) is 13.8 Å². The maximum Gasteiger partial charge on any atom is 0.159 e.